The maximum atomic E-state index is 5.71. The molecule has 4 heteroatoms. The zero-order valence-electron chi connectivity index (χ0n) is 9.52. The van der Waals surface area contributed by atoms with Crippen LogP contribution in [-0.2, 0) is 9.57 Å². The fourth-order valence-corrected chi connectivity index (χ4v) is 3.12. The smallest absolute Gasteiger partial charge is 0.230 e. The molecule has 0 aromatic carbocycles. The highest BCUT2D eigenvalue weighted by molar-refractivity contribution is 5.78. The standard InChI is InChI=1S/C12H18N2O2/c1-2-7-15-11-8-12(16-13-11)9-14-5-3-10(12)4-6-14/h2,10H,1,3-9H2. The molecule has 0 amide bonds. The van der Waals surface area contributed by atoms with E-state index >= 15 is 0 Å². The molecule has 0 aromatic heterocycles. The number of hydrogen-bond acceptors (Lipinski definition) is 4. The van der Waals surface area contributed by atoms with Crippen LogP contribution in [0.4, 0.5) is 0 Å². The van der Waals surface area contributed by atoms with Gasteiger partial charge >= 0.3 is 0 Å². The summed E-state index contributed by atoms with van der Waals surface area (Å²) in [5.74, 6) is 1.40. The SMILES string of the molecule is C=CCOC1=NOC2(C1)CN1CCC2CC1. The maximum absolute atomic E-state index is 5.71. The van der Waals surface area contributed by atoms with Gasteiger partial charge in [-0.25, -0.2) is 0 Å². The third kappa shape index (κ3) is 1.52. The van der Waals surface area contributed by atoms with Crippen LogP contribution in [0.15, 0.2) is 17.8 Å². The fraction of sp³-hybridized carbons (Fsp3) is 0.750. The highest BCUT2D eigenvalue weighted by Crippen LogP contribution is 2.43. The number of fused-ring (bicyclic) bond motifs is 2. The van der Waals surface area contributed by atoms with Crippen molar-refractivity contribution in [1.82, 2.24) is 4.90 Å². The van der Waals surface area contributed by atoms with Crippen LogP contribution in [0, 0.1) is 5.92 Å². The maximum Gasteiger partial charge on any atom is 0.230 e. The van der Waals surface area contributed by atoms with Gasteiger partial charge in [0.15, 0.2) is 5.60 Å². The predicted octanol–water partition coefficient (Wildman–Crippen LogP) is 1.39. The summed E-state index contributed by atoms with van der Waals surface area (Å²) < 4.78 is 5.48. The quantitative estimate of drug-likeness (QED) is 0.662. The summed E-state index contributed by atoms with van der Waals surface area (Å²) in [6.45, 7) is 7.61. The van der Waals surface area contributed by atoms with Crippen molar-refractivity contribution in [3.05, 3.63) is 12.7 Å². The minimum atomic E-state index is -0.0764. The van der Waals surface area contributed by atoms with Crippen molar-refractivity contribution < 1.29 is 9.57 Å². The molecule has 0 aliphatic carbocycles. The molecule has 0 N–H and O–H groups in total. The zero-order chi connectivity index (χ0) is 11.0. The molecule has 0 aromatic rings. The Morgan fingerprint density at radius 3 is 3.00 bits per heavy atom. The van der Waals surface area contributed by atoms with Gasteiger partial charge in [0, 0.05) is 12.5 Å². The summed E-state index contributed by atoms with van der Waals surface area (Å²) in [5.41, 5.74) is -0.0764. The largest absolute Gasteiger partial charge is 0.474 e. The van der Waals surface area contributed by atoms with Gasteiger partial charge in [-0.05, 0) is 25.9 Å². The van der Waals surface area contributed by atoms with E-state index in [1.807, 2.05) is 0 Å². The number of hydrogen-bond donors (Lipinski definition) is 0. The molecule has 0 saturated carbocycles. The van der Waals surface area contributed by atoms with E-state index in [-0.39, 0.29) is 5.60 Å². The van der Waals surface area contributed by atoms with E-state index in [9.17, 15) is 0 Å². The molecule has 4 nitrogen and oxygen atoms in total. The predicted molar refractivity (Wildman–Crippen MR) is 61.2 cm³/mol. The molecule has 88 valence electrons. The van der Waals surface area contributed by atoms with Gasteiger partial charge < -0.3 is 9.57 Å². The van der Waals surface area contributed by atoms with Gasteiger partial charge in [-0.2, -0.15) is 0 Å². The summed E-state index contributed by atoms with van der Waals surface area (Å²) in [7, 11) is 0. The third-order valence-electron chi connectivity index (χ3n) is 3.97. The minimum Gasteiger partial charge on any atom is -0.474 e. The van der Waals surface area contributed by atoms with Crippen molar-refractivity contribution >= 4 is 5.90 Å². The van der Waals surface area contributed by atoms with Gasteiger partial charge in [0.2, 0.25) is 5.90 Å². The molecule has 1 spiro atoms. The van der Waals surface area contributed by atoms with Crippen LogP contribution in [0.5, 0.6) is 0 Å². The second-order valence-corrected chi connectivity index (χ2v) is 4.97. The van der Waals surface area contributed by atoms with Crippen LogP contribution in [0.25, 0.3) is 0 Å². The molecule has 2 bridgehead atoms. The second-order valence-electron chi connectivity index (χ2n) is 4.97. The molecule has 1 atom stereocenters. The molecule has 1 unspecified atom stereocenters. The molecule has 16 heavy (non-hydrogen) atoms. The van der Waals surface area contributed by atoms with Crippen molar-refractivity contribution in [2.24, 2.45) is 11.1 Å². The Balaban J connectivity index is 1.67. The lowest BCUT2D eigenvalue weighted by molar-refractivity contribution is -0.136. The summed E-state index contributed by atoms with van der Waals surface area (Å²) in [6.07, 6.45) is 5.06. The lowest BCUT2D eigenvalue weighted by Gasteiger charge is -2.49. The van der Waals surface area contributed by atoms with E-state index in [0.29, 0.717) is 12.5 Å². The number of piperidine rings is 3. The minimum absolute atomic E-state index is 0.0764. The highest BCUT2D eigenvalue weighted by atomic mass is 16.7. The Morgan fingerprint density at radius 1 is 1.56 bits per heavy atom. The van der Waals surface area contributed by atoms with Crippen molar-refractivity contribution in [1.29, 1.82) is 0 Å². The molecule has 3 saturated heterocycles. The Hall–Kier alpha value is -1.03. The van der Waals surface area contributed by atoms with Crippen LogP contribution in [0.2, 0.25) is 0 Å². The van der Waals surface area contributed by atoms with Gasteiger partial charge in [0.05, 0.1) is 6.42 Å². The van der Waals surface area contributed by atoms with Crippen LogP contribution in [0.1, 0.15) is 19.3 Å². The van der Waals surface area contributed by atoms with Crippen molar-refractivity contribution in [2.45, 2.75) is 24.9 Å². The average Bonchev–Trinajstić information content (AvgIpc) is 2.71. The van der Waals surface area contributed by atoms with Crippen molar-refractivity contribution in [3.63, 3.8) is 0 Å². The van der Waals surface area contributed by atoms with Gasteiger partial charge in [-0.3, -0.25) is 4.90 Å². The summed E-state index contributed by atoms with van der Waals surface area (Å²) in [4.78, 5) is 8.19. The number of oxime groups is 1. The van der Waals surface area contributed by atoms with E-state index in [1.165, 1.54) is 25.9 Å². The highest BCUT2D eigenvalue weighted by Gasteiger charge is 2.52. The summed E-state index contributed by atoms with van der Waals surface area (Å²) in [6, 6.07) is 0. The molecule has 4 rings (SSSR count). The number of ether oxygens (including phenoxy) is 1. The number of rotatable bonds is 2. The Morgan fingerprint density at radius 2 is 2.38 bits per heavy atom. The van der Waals surface area contributed by atoms with Gasteiger partial charge in [0.1, 0.15) is 6.61 Å². The van der Waals surface area contributed by atoms with Gasteiger partial charge in [0.25, 0.3) is 0 Å². The topological polar surface area (TPSA) is 34.1 Å². The van der Waals surface area contributed by atoms with E-state index in [2.05, 4.69) is 16.6 Å². The van der Waals surface area contributed by atoms with Crippen LogP contribution in [0.3, 0.4) is 0 Å². The zero-order valence-corrected chi connectivity index (χ0v) is 9.52. The first-order chi connectivity index (χ1) is 7.82. The monoisotopic (exact) mass is 222 g/mol. The van der Waals surface area contributed by atoms with Crippen molar-refractivity contribution in [3.8, 4) is 0 Å². The first-order valence-corrected chi connectivity index (χ1v) is 6.03. The van der Waals surface area contributed by atoms with E-state index < -0.39 is 0 Å². The van der Waals surface area contributed by atoms with Crippen LogP contribution >= 0.6 is 0 Å². The fourth-order valence-electron chi connectivity index (χ4n) is 3.12. The van der Waals surface area contributed by atoms with E-state index in [0.717, 1.165) is 18.9 Å². The Bertz CT molecular complexity index is 321. The van der Waals surface area contributed by atoms with E-state index in [1.54, 1.807) is 6.08 Å². The van der Waals surface area contributed by atoms with Crippen LogP contribution in [-0.4, -0.2) is 42.6 Å². The molecule has 4 heterocycles. The first-order valence-electron chi connectivity index (χ1n) is 6.03. The molecular weight excluding hydrogens is 204 g/mol. The lowest BCUT2D eigenvalue weighted by atomic mass is 9.74. The Kier molecular flexibility index (Phi) is 2.39. The average molecular weight is 222 g/mol. The van der Waals surface area contributed by atoms with Gasteiger partial charge in [-0.15, -0.1) is 0 Å². The first kappa shape index (κ1) is 10.1. The van der Waals surface area contributed by atoms with Crippen molar-refractivity contribution in [2.75, 3.05) is 26.2 Å². The Labute approximate surface area is 95.9 Å². The molecular formula is C12H18N2O2. The molecule has 0 radical (unpaired) electrons. The normalized spacial score (nSPS) is 40.6. The third-order valence-corrected chi connectivity index (χ3v) is 3.97. The van der Waals surface area contributed by atoms with Gasteiger partial charge in [-0.1, -0.05) is 17.8 Å². The molecule has 3 fully saturated rings. The molecule has 4 aliphatic heterocycles. The summed E-state index contributed by atoms with van der Waals surface area (Å²) >= 11 is 0. The van der Waals surface area contributed by atoms with E-state index in [4.69, 9.17) is 9.57 Å². The van der Waals surface area contributed by atoms with Crippen LogP contribution < -0.4 is 0 Å². The second kappa shape index (κ2) is 3.77. The lowest BCUT2D eigenvalue weighted by Crippen LogP contribution is -2.59. The number of nitrogens with zero attached hydrogens (tertiary/aromatic N) is 2. The summed E-state index contributed by atoms with van der Waals surface area (Å²) in [5, 5.41) is 4.09. The molecule has 4 aliphatic rings.